The van der Waals surface area contributed by atoms with Crippen molar-refractivity contribution in [2.24, 2.45) is 0 Å². The molecule has 0 fully saturated rings. The van der Waals surface area contributed by atoms with Crippen LogP contribution in [-0.2, 0) is 10.3 Å². The van der Waals surface area contributed by atoms with Crippen molar-refractivity contribution < 1.29 is 14.9 Å². The quantitative estimate of drug-likeness (QED) is 0.137. The van der Waals surface area contributed by atoms with E-state index in [1.54, 1.807) is 0 Å². The van der Waals surface area contributed by atoms with E-state index in [-0.39, 0.29) is 6.61 Å². The summed E-state index contributed by atoms with van der Waals surface area (Å²) in [5.41, 5.74) is 2.08. The van der Waals surface area contributed by atoms with Crippen molar-refractivity contribution in [3.05, 3.63) is 108 Å². The van der Waals surface area contributed by atoms with Crippen LogP contribution in [0.2, 0.25) is 0 Å². The molecule has 0 amide bonds. The third kappa shape index (κ3) is 8.81. The first-order valence-electron chi connectivity index (χ1n) is 14.3. The molecule has 0 aliphatic rings. The van der Waals surface area contributed by atoms with Crippen LogP contribution in [0.1, 0.15) is 94.2 Å². The van der Waals surface area contributed by atoms with E-state index in [0.717, 1.165) is 29.5 Å². The van der Waals surface area contributed by atoms with Gasteiger partial charge in [-0.05, 0) is 23.1 Å². The minimum Gasteiger partial charge on any atom is -0.390 e. The summed E-state index contributed by atoms with van der Waals surface area (Å²) in [6.45, 7) is 2.29. The monoisotopic (exact) mass is 502 g/mol. The minimum absolute atomic E-state index is 0.0393. The average Bonchev–Trinajstić information content (AvgIpc) is 2.96. The van der Waals surface area contributed by atoms with Crippen LogP contribution in [0.15, 0.2) is 91.0 Å². The fourth-order valence-electron chi connectivity index (χ4n) is 5.12. The standard InChI is InChI=1S/C34H46O3/c1-2-3-4-5-6-7-8-9-10-20-27-32(35)33(36)28-37-34(29-21-14-11-15-22-29,30-23-16-12-17-24-30)31-25-18-13-19-26-31/h11-19,21-26,32-33,35-36H,2-10,20,27-28H2,1H3. The molecule has 0 aliphatic carbocycles. The summed E-state index contributed by atoms with van der Waals surface area (Å²) in [4.78, 5) is 0. The van der Waals surface area contributed by atoms with Crippen LogP contribution in [0, 0.1) is 0 Å². The van der Waals surface area contributed by atoms with Crippen molar-refractivity contribution in [3.8, 4) is 0 Å². The molecule has 0 spiro atoms. The van der Waals surface area contributed by atoms with Gasteiger partial charge >= 0.3 is 0 Å². The molecule has 0 saturated heterocycles. The van der Waals surface area contributed by atoms with Gasteiger partial charge < -0.3 is 14.9 Å². The fourth-order valence-corrected chi connectivity index (χ4v) is 5.12. The van der Waals surface area contributed by atoms with Crippen molar-refractivity contribution in [1.82, 2.24) is 0 Å². The molecule has 0 aromatic heterocycles. The lowest BCUT2D eigenvalue weighted by Gasteiger charge is -2.37. The Morgan fingerprint density at radius 2 is 0.919 bits per heavy atom. The molecular formula is C34H46O3. The second-order valence-electron chi connectivity index (χ2n) is 10.2. The Morgan fingerprint density at radius 3 is 1.32 bits per heavy atom. The highest BCUT2D eigenvalue weighted by molar-refractivity contribution is 5.47. The predicted molar refractivity (Wildman–Crippen MR) is 154 cm³/mol. The molecule has 3 heteroatoms. The highest BCUT2D eigenvalue weighted by atomic mass is 16.5. The second kappa shape index (κ2) is 16.4. The number of benzene rings is 3. The summed E-state index contributed by atoms with van der Waals surface area (Å²) in [6.07, 6.45) is 11.4. The summed E-state index contributed by atoms with van der Waals surface area (Å²) in [5.74, 6) is 0. The molecular weight excluding hydrogens is 456 g/mol. The first-order chi connectivity index (χ1) is 18.2. The van der Waals surface area contributed by atoms with Gasteiger partial charge in [0, 0.05) is 0 Å². The molecule has 0 heterocycles. The zero-order valence-electron chi connectivity index (χ0n) is 22.6. The van der Waals surface area contributed by atoms with Gasteiger partial charge in [-0.3, -0.25) is 0 Å². The van der Waals surface area contributed by atoms with Crippen LogP contribution in [0.3, 0.4) is 0 Å². The lowest BCUT2D eigenvalue weighted by Crippen LogP contribution is -2.39. The van der Waals surface area contributed by atoms with Crippen molar-refractivity contribution in [2.45, 2.75) is 95.4 Å². The van der Waals surface area contributed by atoms with E-state index in [0.29, 0.717) is 6.42 Å². The molecule has 0 saturated carbocycles. The Balaban J connectivity index is 1.59. The van der Waals surface area contributed by atoms with Crippen molar-refractivity contribution in [1.29, 1.82) is 0 Å². The normalized spacial score (nSPS) is 13.4. The van der Waals surface area contributed by atoms with Gasteiger partial charge in [0.15, 0.2) is 0 Å². The third-order valence-corrected chi connectivity index (χ3v) is 7.31. The molecule has 3 nitrogen and oxygen atoms in total. The molecule has 0 aliphatic heterocycles. The van der Waals surface area contributed by atoms with E-state index in [2.05, 4.69) is 43.3 Å². The van der Waals surface area contributed by atoms with Crippen LogP contribution in [-0.4, -0.2) is 29.0 Å². The molecule has 37 heavy (non-hydrogen) atoms. The Hall–Kier alpha value is -2.46. The number of hydrogen-bond acceptors (Lipinski definition) is 3. The first-order valence-corrected chi connectivity index (χ1v) is 14.3. The first kappa shape index (κ1) is 29.1. The van der Waals surface area contributed by atoms with E-state index in [9.17, 15) is 10.2 Å². The van der Waals surface area contributed by atoms with Crippen molar-refractivity contribution >= 4 is 0 Å². The van der Waals surface area contributed by atoms with E-state index in [1.165, 1.54) is 51.4 Å². The van der Waals surface area contributed by atoms with E-state index >= 15 is 0 Å². The zero-order valence-corrected chi connectivity index (χ0v) is 22.6. The van der Waals surface area contributed by atoms with Crippen LogP contribution in [0.5, 0.6) is 0 Å². The Morgan fingerprint density at radius 1 is 0.541 bits per heavy atom. The zero-order chi connectivity index (χ0) is 26.2. The van der Waals surface area contributed by atoms with E-state index in [4.69, 9.17) is 4.74 Å². The van der Waals surface area contributed by atoms with Gasteiger partial charge in [0.25, 0.3) is 0 Å². The van der Waals surface area contributed by atoms with Gasteiger partial charge in [-0.15, -0.1) is 0 Å². The minimum atomic E-state index is -0.950. The third-order valence-electron chi connectivity index (χ3n) is 7.31. The molecule has 0 bridgehead atoms. The second-order valence-corrected chi connectivity index (χ2v) is 10.2. The number of hydrogen-bond donors (Lipinski definition) is 2. The van der Waals surface area contributed by atoms with E-state index in [1.807, 2.05) is 54.6 Å². The lowest BCUT2D eigenvalue weighted by molar-refractivity contribution is -0.0802. The number of ether oxygens (including phenoxy) is 1. The van der Waals surface area contributed by atoms with Crippen molar-refractivity contribution in [2.75, 3.05) is 6.61 Å². The SMILES string of the molecule is CCCCCCCCCCCCC(O)C(O)COC(c1ccccc1)(c1ccccc1)c1ccccc1. The Labute approximate surface area is 224 Å². The summed E-state index contributed by atoms with van der Waals surface area (Å²) >= 11 is 0. The summed E-state index contributed by atoms with van der Waals surface area (Å²) in [5, 5.41) is 21.6. The molecule has 3 rings (SSSR count). The number of unbranched alkanes of at least 4 members (excludes halogenated alkanes) is 9. The van der Waals surface area contributed by atoms with Crippen LogP contribution in [0.4, 0.5) is 0 Å². The molecule has 3 aromatic rings. The lowest BCUT2D eigenvalue weighted by atomic mass is 9.80. The van der Waals surface area contributed by atoms with Gasteiger partial charge in [-0.2, -0.15) is 0 Å². The van der Waals surface area contributed by atoms with Crippen LogP contribution in [0.25, 0.3) is 0 Å². The Bertz CT molecular complexity index is 861. The predicted octanol–water partition coefficient (Wildman–Crippen LogP) is 8.03. The highest BCUT2D eigenvalue weighted by Crippen LogP contribution is 2.40. The molecule has 2 unspecified atom stereocenters. The van der Waals surface area contributed by atoms with Gasteiger partial charge in [-0.25, -0.2) is 0 Å². The topological polar surface area (TPSA) is 49.7 Å². The largest absolute Gasteiger partial charge is 0.390 e. The van der Waals surface area contributed by atoms with Crippen LogP contribution < -0.4 is 0 Å². The fraction of sp³-hybridized carbons (Fsp3) is 0.471. The maximum absolute atomic E-state index is 10.9. The van der Waals surface area contributed by atoms with Gasteiger partial charge in [0.1, 0.15) is 11.7 Å². The molecule has 0 radical (unpaired) electrons. The number of aliphatic hydroxyl groups excluding tert-OH is 2. The van der Waals surface area contributed by atoms with E-state index < -0.39 is 17.8 Å². The van der Waals surface area contributed by atoms with Gasteiger partial charge in [-0.1, -0.05) is 162 Å². The summed E-state index contributed by atoms with van der Waals surface area (Å²) < 4.78 is 6.66. The summed E-state index contributed by atoms with van der Waals surface area (Å²) in [7, 11) is 0. The van der Waals surface area contributed by atoms with Crippen molar-refractivity contribution in [3.63, 3.8) is 0 Å². The number of aliphatic hydroxyl groups is 2. The highest BCUT2D eigenvalue weighted by Gasteiger charge is 2.38. The summed E-state index contributed by atoms with van der Waals surface area (Å²) in [6, 6.07) is 30.4. The molecule has 2 atom stereocenters. The van der Waals surface area contributed by atoms with Crippen LogP contribution >= 0.6 is 0 Å². The molecule has 3 aromatic carbocycles. The number of rotatable bonds is 18. The molecule has 2 N–H and O–H groups in total. The van der Waals surface area contributed by atoms with Gasteiger partial charge in [0.05, 0.1) is 12.7 Å². The maximum atomic E-state index is 10.9. The smallest absolute Gasteiger partial charge is 0.143 e. The Kier molecular flexibility index (Phi) is 12.9. The molecule has 200 valence electrons. The van der Waals surface area contributed by atoms with Gasteiger partial charge in [0.2, 0.25) is 0 Å². The maximum Gasteiger partial charge on any atom is 0.143 e. The average molecular weight is 503 g/mol.